The summed E-state index contributed by atoms with van der Waals surface area (Å²) < 4.78 is 1.59. The van der Waals surface area contributed by atoms with Crippen molar-refractivity contribution in [3.63, 3.8) is 0 Å². The van der Waals surface area contributed by atoms with Crippen LogP contribution in [0.25, 0.3) is 16.6 Å². The van der Waals surface area contributed by atoms with Gasteiger partial charge >= 0.3 is 5.97 Å². The molecule has 0 spiro atoms. The molecule has 3 rings (SSSR count). The number of carboxylic acid groups (broad SMARTS) is 1. The Kier molecular flexibility index (Phi) is 4.07. The van der Waals surface area contributed by atoms with Crippen LogP contribution in [0.15, 0.2) is 46.2 Å². The number of aromatic nitrogens is 3. The van der Waals surface area contributed by atoms with Gasteiger partial charge in [-0.2, -0.15) is 5.10 Å². The number of nitrogens with zero attached hydrogens (tertiary/aromatic N) is 2. The molecule has 0 saturated carbocycles. The van der Waals surface area contributed by atoms with Gasteiger partial charge in [0.25, 0.3) is 5.56 Å². The van der Waals surface area contributed by atoms with Crippen LogP contribution in [0, 0.1) is 0 Å². The molecule has 23 heavy (non-hydrogen) atoms. The molecule has 0 bridgehead atoms. The third-order valence-electron chi connectivity index (χ3n) is 3.17. The minimum Gasteiger partial charge on any atom is -0.494 e. The zero-order valence-corrected chi connectivity index (χ0v) is 12.7. The molecule has 118 valence electrons. The summed E-state index contributed by atoms with van der Waals surface area (Å²) in [5.41, 5.74) is 0.647. The third-order valence-corrected chi connectivity index (χ3v) is 4.23. The molecule has 0 amide bonds. The van der Waals surface area contributed by atoms with E-state index in [0.29, 0.717) is 21.7 Å². The van der Waals surface area contributed by atoms with Crippen LogP contribution < -0.4 is 5.56 Å². The summed E-state index contributed by atoms with van der Waals surface area (Å²) in [6.07, 6.45) is -0.0257. The van der Waals surface area contributed by atoms with Crippen LogP contribution in [-0.2, 0) is 4.79 Å². The van der Waals surface area contributed by atoms with Crippen LogP contribution in [0.3, 0.4) is 0 Å². The lowest BCUT2D eigenvalue weighted by Gasteiger charge is -2.06. The highest BCUT2D eigenvalue weighted by Gasteiger charge is 2.17. The van der Waals surface area contributed by atoms with Crippen molar-refractivity contribution in [2.75, 3.05) is 5.75 Å². The van der Waals surface area contributed by atoms with Crippen molar-refractivity contribution in [1.82, 2.24) is 14.8 Å². The second-order valence-electron chi connectivity index (χ2n) is 4.79. The Morgan fingerprint density at radius 1 is 1.30 bits per heavy atom. The van der Waals surface area contributed by atoms with E-state index >= 15 is 0 Å². The van der Waals surface area contributed by atoms with Crippen molar-refractivity contribution >= 4 is 28.6 Å². The zero-order valence-electron chi connectivity index (χ0n) is 11.9. The first kappa shape index (κ1) is 15.2. The highest BCUT2D eigenvalue weighted by molar-refractivity contribution is 7.99. The fraction of sp³-hybridized carbons (Fsp3) is 0.133. The van der Waals surface area contributed by atoms with Crippen molar-refractivity contribution in [2.45, 2.75) is 11.4 Å². The van der Waals surface area contributed by atoms with Gasteiger partial charge in [-0.05, 0) is 12.1 Å². The molecule has 2 aromatic heterocycles. The molecular formula is C15H13N3O4S. The fourth-order valence-corrected chi connectivity index (χ4v) is 3.27. The van der Waals surface area contributed by atoms with Gasteiger partial charge in [-0.3, -0.25) is 14.6 Å². The van der Waals surface area contributed by atoms with E-state index in [2.05, 4.69) is 10.1 Å². The van der Waals surface area contributed by atoms with Crippen LogP contribution in [-0.4, -0.2) is 36.7 Å². The number of benzene rings is 1. The van der Waals surface area contributed by atoms with Crippen LogP contribution >= 0.6 is 11.8 Å². The second-order valence-corrected chi connectivity index (χ2v) is 5.87. The van der Waals surface area contributed by atoms with Gasteiger partial charge in [-0.25, -0.2) is 4.68 Å². The molecule has 0 aliphatic heterocycles. The average Bonchev–Trinajstić information content (AvgIpc) is 2.86. The predicted octanol–water partition coefficient (Wildman–Crippen LogP) is 1.99. The molecule has 0 aliphatic rings. The van der Waals surface area contributed by atoms with Crippen LogP contribution in [0.4, 0.5) is 0 Å². The third kappa shape index (κ3) is 3.07. The largest absolute Gasteiger partial charge is 0.494 e. The fourth-order valence-electron chi connectivity index (χ4n) is 2.19. The first-order valence-electron chi connectivity index (χ1n) is 6.81. The van der Waals surface area contributed by atoms with Crippen molar-refractivity contribution < 1.29 is 15.0 Å². The summed E-state index contributed by atoms with van der Waals surface area (Å²) in [5, 5.41) is 23.6. The molecule has 1 aromatic carbocycles. The number of hydrogen-bond acceptors (Lipinski definition) is 5. The molecule has 0 atom stereocenters. The number of fused-ring (bicyclic) bond motifs is 1. The predicted molar refractivity (Wildman–Crippen MR) is 86.3 cm³/mol. The van der Waals surface area contributed by atoms with E-state index in [-0.39, 0.29) is 12.3 Å². The topological polar surface area (TPSA) is 108 Å². The van der Waals surface area contributed by atoms with E-state index in [0.717, 1.165) is 5.69 Å². The minimum absolute atomic E-state index is 0.0257. The zero-order chi connectivity index (χ0) is 16.4. The average molecular weight is 331 g/mol. The van der Waals surface area contributed by atoms with E-state index in [1.165, 1.54) is 17.8 Å². The lowest BCUT2D eigenvalue weighted by Crippen LogP contribution is -2.06. The van der Waals surface area contributed by atoms with Crippen molar-refractivity contribution in [1.29, 1.82) is 0 Å². The van der Waals surface area contributed by atoms with Gasteiger partial charge in [0.05, 0.1) is 17.5 Å². The summed E-state index contributed by atoms with van der Waals surface area (Å²) in [6.45, 7) is 0. The summed E-state index contributed by atoms with van der Waals surface area (Å²) in [6, 6.07) is 10.6. The lowest BCUT2D eigenvalue weighted by atomic mass is 10.3. The minimum atomic E-state index is -0.904. The van der Waals surface area contributed by atoms with Gasteiger partial charge in [0.15, 0.2) is 5.88 Å². The maximum absolute atomic E-state index is 12.2. The summed E-state index contributed by atoms with van der Waals surface area (Å²) in [7, 11) is 0. The summed E-state index contributed by atoms with van der Waals surface area (Å²) in [5.74, 6) is -0.857. The van der Waals surface area contributed by atoms with Crippen molar-refractivity contribution in [3.05, 3.63) is 46.8 Å². The number of H-pyrrole nitrogens is 1. The Balaban J connectivity index is 2.16. The molecular weight excluding hydrogens is 318 g/mol. The van der Waals surface area contributed by atoms with Gasteiger partial charge in [-0.1, -0.05) is 18.2 Å². The number of nitrogens with one attached hydrogen (secondary N) is 1. The number of carboxylic acids is 1. The number of pyridine rings is 1. The molecule has 0 fully saturated rings. The molecule has 0 saturated heterocycles. The molecule has 2 heterocycles. The highest BCUT2D eigenvalue weighted by atomic mass is 32.2. The Labute approximate surface area is 134 Å². The van der Waals surface area contributed by atoms with E-state index < -0.39 is 11.5 Å². The van der Waals surface area contributed by atoms with Crippen LogP contribution in [0.5, 0.6) is 5.88 Å². The molecule has 0 aliphatic carbocycles. The number of aromatic hydroxyl groups is 1. The Morgan fingerprint density at radius 3 is 2.74 bits per heavy atom. The Bertz CT molecular complexity index is 918. The van der Waals surface area contributed by atoms with Gasteiger partial charge in [0.1, 0.15) is 10.5 Å². The van der Waals surface area contributed by atoms with Crippen LogP contribution in [0.2, 0.25) is 0 Å². The van der Waals surface area contributed by atoms with Gasteiger partial charge < -0.3 is 10.2 Å². The number of para-hydroxylation sites is 1. The quantitative estimate of drug-likeness (QED) is 0.617. The van der Waals surface area contributed by atoms with Gasteiger partial charge in [0.2, 0.25) is 0 Å². The molecule has 3 N–H and O–H groups in total. The monoisotopic (exact) mass is 331 g/mol. The maximum atomic E-state index is 12.2. The number of aromatic amines is 1. The van der Waals surface area contributed by atoms with Crippen molar-refractivity contribution in [2.24, 2.45) is 0 Å². The maximum Gasteiger partial charge on any atom is 0.304 e. The standard InChI is InChI=1S/C15H13N3O4S/c19-11-8-10-13(14(22)16-11)15(23-7-6-12(20)21)18(17-10)9-4-2-1-3-5-9/h1-5,8,19H,6-7H2,(H,16,22)(H,20,21). The normalized spacial score (nSPS) is 11.0. The number of thioether (sulfide) groups is 1. The molecule has 3 aromatic rings. The summed E-state index contributed by atoms with van der Waals surface area (Å²) >= 11 is 1.24. The molecule has 0 radical (unpaired) electrons. The van der Waals surface area contributed by atoms with E-state index in [1.54, 1.807) is 4.68 Å². The van der Waals surface area contributed by atoms with Crippen LogP contribution in [0.1, 0.15) is 6.42 Å². The SMILES string of the molecule is O=C(O)CCSc1c2c(=O)[nH]c(O)cc2nn1-c1ccccc1. The highest BCUT2D eigenvalue weighted by Crippen LogP contribution is 2.29. The molecule has 0 unspecified atom stereocenters. The second kappa shape index (κ2) is 6.17. The van der Waals surface area contributed by atoms with Crippen molar-refractivity contribution in [3.8, 4) is 11.6 Å². The molecule has 8 heteroatoms. The number of rotatable bonds is 5. The lowest BCUT2D eigenvalue weighted by molar-refractivity contribution is -0.136. The smallest absolute Gasteiger partial charge is 0.304 e. The molecule has 7 nitrogen and oxygen atoms in total. The van der Waals surface area contributed by atoms with E-state index in [9.17, 15) is 14.7 Å². The Morgan fingerprint density at radius 2 is 2.04 bits per heavy atom. The summed E-state index contributed by atoms with van der Waals surface area (Å²) in [4.78, 5) is 25.2. The first-order chi connectivity index (χ1) is 11.1. The first-order valence-corrected chi connectivity index (χ1v) is 7.80. The van der Waals surface area contributed by atoms with E-state index in [4.69, 9.17) is 5.11 Å². The number of hydrogen-bond donors (Lipinski definition) is 3. The van der Waals surface area contributed by atoms with Gasteiger partial charge in [0, 0.05) is 11.8 Å². The number of aliphatic carboxylic acids is 1. The van der Waals surface area contributed by atoms with E-state index in [1.807, 2.05) is 30.3 Å². The Hall–Kier alpha value is -2.74. The van der Waals surface area contributed by atoms with Gasteiger partial charge in [-0.15, -0.1) is 11.8 Å². The number of carbonyl (C=O) groups is 1.